The van der Waals surface area contributed by atoms with Gasteiger partial charge in [0.2, 0.25) is 0 Å². The van der Waals surface area contributed by atoms with Crippen molar-refractivity contribution in [1.82, 2.24) is 0 Å². The summed E-state index contributed by atoms with van der Waals surface area (Å²) < 4.78 is 0. The Bertz CT molecular complexity index is 451. The van der Waals surface area contributed by atoms with Gasteiger partial charge < -0.3 is 10.2 Å². The van der Waals surface area contributed by atoms with Crippen LogP contribution in [0.2, 0.25) is 0 Å². The van der Waals surface area contributed by atoms with Gasteiger partial charge >= 0.3 is 82.2 Å². The van der Waals surface area contributed by atoms with E-state index in [0.29, 0.717) is 12.0 Å². The normalized spacial score (nSPS) is 10.3. The van der Waals surface area contributed by atoms with Crippen LogP contribution in [0.5, 0.6) is 0 Å². The van der Waals surface area contributed by atoms with Crippen molar-refractivity contribution in [3.8, 4) is 0 Å². The van der Waals surface area contributed by atoms with Gasteiger partial charge in [-0.05, 0) is 12.0 Å². The van der Waals surface area contributed by atoms with Gasteiger partial charge in [0.05, 0.1) is 0 Å². The van der Waals surface area contributed by atoms with Crippen LogP contribution in [0.1, 0.15) is 57.4 Å². The zero-order valence-electron chi connectivity index (χ0n) is 12.5. The van der Waals surface area contributed by atoms with E-state index >= 15 is 0 Å². The number of carboxylic acids is 2. The van der Waals surface area contributed by atoms with E-state index in [0.717, 1.165) is 25.7 Å². The third kappa shape index (κ3) is 7.43. The number of aliphatic carboxylic acids is 2. The first-order chi connectivity index (χ1) is 10.1. The Morgan fingerprint density at radius 1 is 0.913 bits per heavy atom. The van der Waals surface area contributed by atoms with Gasteiger partial charge in [0.1, 0.15) is 0 Å². The Balaban J connectivity index is 0. The van der Waals surface area contributed by atoms with Crippen molar-refractivity contribution in [3.05, 3.63) is 35.9 Å². The summed E-state index contributed by atoms with van der Waals surface area (Å²) >= 11 is 0. The molecule has 0 spiro atoms. The number of rotatable bonds is 10. The van der Waals surface area contributed by atoms with Gasteiger partial charge in [-0.3, -0.25) is 9.59 Å². The van der Waals surface area contributed by atoms with Gasteiger partial charge in [-0.2, -0.15) is 0 Å². The average Bonchev–Trinajstić information content (AvgIpc) is 2.47. The second kappa shape index (κ2) is 13.7. The molecule has 0 aliphatic heterocycles. The summed E-state index contributed by atoms with van der Waals surface area (Å²) in [6.45, 7) is 2.13. The summed E-state index contributed by atoms with van der Waals surface area (Å²) in [5.41, 5.74) is -1.48. The molecule has 0 fully saturated rings. The topological polar surface area (TPSA) is 74.6 Å². The number of carbonyl (C=O) groups is 2. The molecule has 1 aromatic carbocycles. The Hall–Kier alpha value is 0.394. The molecule has 0 radical (unpaired) electrons. The Morgan fingerprint density at radius 3 is 1.87 bits per heavy atom. The van der Waals surface area contributed by atoms with Crippen LogP contribution in [0.4, 0.5) is 0 Å². The molecule has 0 unspecified atom stereocenters. The Morgan fingerprint density at radius 2 is 1.39 bits per heavy atom. The van der Waals surface area contributed by atoms with Crippen LogP contribution in [0.15, 0.2) is 30.3 Å². The van der Waals surface area contributed by atoms with Crippen LogP contribution >= 0.6 is 0 Å². The quantitative estimate of drug-likeness (QED) is 0.390. The SMILES string of the molecule is CCCCCCCCC(C(=O)O)(C(=O)O)c1ccccc1.[KH].[LiH]. The van der Waals surface area contributed by atoms with Crippen molar-refractivity contribution in [2.75, 3.05) is 0 Å². The fourth-order valence-corrected chi connectivity index (χ4v) is 2.59. The van der Waals surface area contributed by atoms with Gasteiger partial charge in [-0.25, -0.2) is 0 Å². The molecule has 0 atom stereocenters. The third-order valence-electron chi connectivity index (χ3n) is 3.90. The molecule has 23 heavy (non-hydrogen) atoms. The second-order valence-electron chi connectivity index (χ2n) is 5.40. The number of unbranched alkanes of at least 4 members (excludes halogenated alkanes) is 5. The van der Waals surface area contributed by atoms with Gasteiger partial charge in [0.25, 0.3) is 0 Å². The van der Waals surface area contributed by atoms with Crippen molar-refractivity contribution < 1.29 is 19.8 Å². The van der Waals surface area contributed by atoms with Crippen molar-refractivity contribution in [2.24, 2.45) is 0 Å². The zero-order chi connectivity index (χ0) is 15.7. The molecule has 2 N–H and O–H groups in total. The molecule has 120 valence electrons. The van der Waals surface area contributed by atoms with Crippen LogP contribution in [0.25, 0.3) is 0 Å². The molecule has 0 bridgehead atoms. The van der Waals surface area contributed by atoms with Gasteiger partial charge in [0, 0.05) is 0 Å². The van der Waals surface area contributed by atoms with Crippen molar-refractivity contribution >= 4 is 82.2 Å². The molecule has 6 heteroatoms. The van der Waals surface area contributed by atoms with E-state index in [2.05, 4.69) is 6.92 Å². The number of benzene rings is 1. The number of hydrogen-bond acceptors (Lipinski definition) is 2. The first-order valence-electron chi connectivity index (χ1n) is 7.58. The molecule has 0 aliphatic rings. The standard InChI is InChI=1S/C17H24O4.K.Li.2H/c1-2-3-4-5-6-10-13-17(15(18)19,16(20)21)14-11-8-7-9-12-14;;;;/h7-9,11-12H,2-6,10,13H2,1H3,(H,18,19)(H,20,21);;;;. The molecule has 0 saturated heterocycles. The van der Waals surface area contributed by atoms with Crippen LogP contribution < -0.4 is 0 Å². The van der Waals surface area contributed by atoms with Gasteiger partial charge in [-0.1, -0.05) is 75.8 Å². The van der Waals surface area contributed by atoms with Crippen LogP contribution in [-0.2, 0) is 15.0 Å². The van der Waals surface area contributed by atoms with Crippen molar-refractivity contribution in [3.63, 3.8) is 0 Å². The maximum absolute atomic E-state index is 11.6. The molecule has 1 rings (SSSR count). The number of hydrogen-bond donors (Lipinski definition) is 2. The van der Waals surface area contributed by atoms with Gasteiger partial charge in [-0.15, -0.1) is 0 Å². The van der Waals surface area contributed by atoms with E-state index in [-0.39, 0.29) is 76.7 Å². The molecule has 0 amide bonds. The summed E-state index contributed by atoms with van der Waals surface area (Å²) in [5, 5.41) is 19.0. The monoisotopic (exact) mass is 340 g/mol. The fraction of sp³-hybridized carbons (Fsp3) is 0.529. The molecule has 0 aromatic heterocycles. The summed E-state index contributed by atoms with van der Waals surface area (Å²) in [5.74, 6) is -2.57. The first kappa shape index (κ1) is 25.6. The average molecular weight is 340 g/mol. The van der Waals surface area contributed by atoms with Crippen molar-refractivity contribution in [1.29, 1.82) is 0 Å². The van der Waals surface area contributed by atoms with Crippen LogP contribution in [0, 0.1) is 0 Å². The summed E-state index contributed by atoms with van der Waals surface area (Å²) in [4.78, 5) is 23.3. The molecule has 0 heterocycles. The molecular weight excluding hydrogens is 314 g/mol. The molecular formula is C17H26KLiO4. The van der Waals surface area contributed by atoms with Gasteiger partial charge in [0.15, 0.2) is 5.41 Å². The molecule has 0 saturated carbocycles. The van der Waals surface area contributed by atoms with Crippen molar-refractivity contribution in [2.45, 2.75) is 57.3 Å². The minimum atomic E-state index is -1.83. The number of carboxylic acid groups (broad SMARTS) is 2. The van der Waals surface area contributed by atoms with Crippen LogP contribution in [0.3, 0.4) is 0 Å². The van der Waals surface area contributed by atoms with E-state index in [9.17, 15) is 19.8 Å². The molecule has 1 aromatic rings. The second-order valence-corrected chi connectivity index (χ2v) is 5.40. The van der Waals surface area contributed by atoms with E-state index in [1.54, 1.807) is 30.3 Å². The fourth-order valence-electron chi connectivity index (χ4n) is 2.59. The molecule has 4 nitrogen and oxygen atoms in total. The van der Waals surface area contributed by atoms with Crippen LogP contribution in [-0.4, -0.2) is 92.4 Å². The predicted molar refractivity (Wildman–Crippen MR) is 95.7 cm³/mol. The maximum atomic E-state index is 11.6. The zero-order valence-corrected chi connectivity index (χ0v) is 12.5. The van der Waals surface area contributed by atoms with E-state index in [1.165, 1.54) is 6.42 Å². The first-order valence-corrected chi connectivity index (χ1v) is 7.58. The third-order valence-corrected chi connectivity index (χ3v) is 3.90. The molecule has 0 aliphatic carbocycles. The summed E-state index contributed by atoms with van der Waals surface area (Å²) in [6, 6.07) is 8.27. The minimum absolute atomic E-state index is 0. The predicted octanol–water partition coefficient (Wildman–Crippen LogP) is 2.55. The van der Waals surface area contributed by atoms with E-state index < -0.39 is 17.4 Å². The summed E-state index contributed by atoms with van der Waals surface area (Å²) in [6.07, 6.45) is 6.08. The summed E-state index contributed by atoms with van der Waals surface area (Å²) in [7, 11) is 0. The van der Waals surface area contributed by atoms with E-state index in [4.69, 9.17) is 0 Å². The Labute approximate surface area is 193 Å². The Kier molecular flexibility index (Phi) is 15.2. The van der Waals surface area contributed by atoms with E-state index in [1.807, 2.05) is 0 Å².